The van der Waals surface area contributed by atoms with Crippen molar-refractivity contribution in [1.29, 1.82) is 0 Å². The Morgan fingerprint density at radius 3 is 2.93 bits per heavy atom. The van der Waals surface area contributed by atoms with Crippen LogP contribution < -0.4 is 10.5 Å². The Labute approximate surface area is 89.9 Å². The van der Waals surface area contributed by atoms with E-state index in [0.29, 0.717) is 16.8 Å². The summed E-state index contributed by atoms with van der Waals surface area (Å²) in [4.78, 5) is 11.0. The van der Waals surface area contributed by atoms with Gasteiger partial charge in [-0.25, -0.2) is 4.79 Å². The van der Waals surface area contributed by atoms with Crippen LogP contribution >= 0.6 is 11.3 Å². The van der Waals surface area contributed by atoms with Crippen LogP contribution in [0.5, 0.6) is 5.75 Å². The van der Waals surface area contributed by atoms with E-state index >= 15 is 0 Å². The number of nitrogen functional groups attached to an aromatic ring is 1. The molecule has 0 bridgehead atoms. The largest absolute Gasteiger partial charge is 0.493 e. The quantitative estimate of drug-likeness (QED) is 0.765. The molecule has 4 nitrogen and oxygen atoms in total. The third kappa shape index (κ3) is 1.41. The summed E-state index contributed by atoms with van der Waals surface area (Å²) in [5, 5.41) is 11.5. The van der Waals surface area contributed by atoms with Gasteiger partial charge in [0, 0.05) is 5.39 Å². The fourth-order valence-corrected chi connectivity index (χ4v) is 2.47. The highest BCUT2D eigenvalue weighted by molar-refractivity contribution is 7.17. The highest BCUT2D eigenvalue weighted by Gasteiger charge is 2.15. The van der Waals surface area contributed by atoms with Crippen LogP contribution in [0.1, 0.15) is 10.4 Å². The maximum atomic E-state index is 11.0. The number of carboxylic acids is 1. The number of methoxy groups -OCH3 is 1. The average molecular weight is 223 g/mol. The molecule has 78 valence electrons. The predicted molar refractivity (Wildman–Crippen MR) is 59.7 cm³/mol. The molecule has 0 atom stereocenters. The van der Waals surface area contributed by atoms with Crippen molar-refractivity contribution in [3.8, 4) is 5.75 Å². The molecule has 0 aliphatic heterocycles. The fourth-order valence-electron chi connectivity index (χ4n) is 1.51. The number of rotatable bonds is 2. The van der Waals surface area contributed by atoms with Gasteiger partial charge in [0.05, 0.1) is 23.1 Å². The second-order valence-electron chi connectivity index (χ2n) is 3.02. The Hall–Kier alpha value is -1.75. The van der Waals surface area contributed by atoms with Crippen molar-refractivity contribution in [2.45, 2.75) is 0 Å². The summed E-state index contributed by atoms with van der Waals surface area (Å²) in [5.41, 5.74) is 6.28. The monoisotopic (exact) mass is 223 g/mol. The van der Waals surface area contributed by atoms with Crippen LogP contribution in [0, 0.1) is 0 Å². The lowest BCUT2D eigenvalue weighted by Gasteiger charge is -2.07. The van der Waals surface area contributed by atoms with Gasteiger partial charge in [-0.05, 0) is 17.5 Å². The SMILES string of the molecule is COc1c(N)cc(C(=O)O)c2ccsc12. The van der Waals surface area contributed by atoms with Crippen molar-refractivity contribution in [1.82, 2.24) is 0 Å². The molecule has 1 aromatic heterocycles. The Balaban J connectivity index is 2.86. The topological polar surface area (TPSA) is 72.5 Å². The third-order valence-corrected chi connectivity index (χ3v) is 3.07. The predicted octanol–water partition coefficient (Wildman–Crippen LogP) is 2.19. The average Bonchev–Trinajstić information content (AvgIpc) is 2.64. The number of anilines is 1. The molecule has 0 aliphatic carbocycles. The number of carboxylic acid groups (broad SMARTS) is 1. The van der Waals surface area contributed by atoms with Crippen LogP contribution in [-0.2, 0) is 0 Å². The van der Waals surface area contributed by atoms with Gasteiger partial charge in [0.15, 0.2) is 5.75 Å². The van der Waals surface area contributed by atoms with E-state index in [9.17, 15) is 4.79 Å². The smallest absolute Gasteiger partial charge is 0.336 e. The second kappa shape index (κ2) is 3.43. The molecular formula is C10H9NO3S. The molecule has 5 heteroatoms. The number of thiophene rings is 1. The Morgan fingerprint density at radius 2 is 2.33 bits per heavy atom. The van der Waals surface area contributed by atoms with Crippen LogP contribution in [0.15, 0.2) is 17.5 Å². The van der Waals surface area contributed by atoms with E-state index < -0.39 is 5.97 Å². The highest BCUT2D eigenvalue weighted by atomic mass is 32.1. The van der Waals surface area contributed by atoms with Crippen molar-refractivity contribution in [3.63, 3.8) is 0 Å². The molecule has 2 aromatic rings. The number of aromatic carboxylic acids is 1. The first-order valence-electron chi connectivity index (χ1n) is 4.22. The fraction of sp³-hybridized carbons (Fsp3) is 0.100. The van der Waals surface area contributed by atoms with E-state index in [1.807, 2.05) is 5.38 Å². The maximum absolute atomic E-state index is 11.0. The number of benzene rings is 1. The molecule has 15 heavy (non-hydrogen) atoms. The third-order valence-electron chi connectivity index (χ3n) is 2.16. The molecule has 1 heterocycles. The summed E-state index contributed by atoms with van der Waals surface area (Å²) in [6, 6.07) is 3.18. The van der Waals surface area contributed by atoms with Gasteiger partial charge in [0.25, 0.3) is 0 Å². The maximum Gasteiger partial charge on any atom is 0.336 e. The van der Waals surface area contributed by atoms with Gasteiger partial charge in [-0.1, -0.05) is 0 Å². The zero-order chi connectivity index (χ0) is 11.0. The van der Waals surface area contributed by atoms with Gasteiger partial charge in [0.2, 0.25) is 0 Å². The molecule has 1 aromatic carbocycles. The first-order valence-corrected chi connectivity index (χ1v) is 5.10. The van der Waals surface area contributed by atoms with Gasteiger partial charge < -0.3 is 15.6 Å². The molecule has 0 radical (unpaired) electrons. The lowest BCUT2D eigenvalue weighted by Crippen LogP contribution is -2.00. The molecule has 0 spiro atoms. The van der Waals surface area contributed by atoms with E-state index in [1.54, 1.807) is 6.07 Å². The molecule has 0 unspecified atom stereocenters. The summed E-state index contributed by atoms with van der Waals surface area (Å²) in [7, 11) is 1.52. The number of nitrogens with two attached hydrogens (primary N) is 1. The van der Waals surface area contributed by atoms with Crippen molar-refractivity contribution in [3.05, 3.63) is 23.1 Å². The second-order valence-corrected chi connectivity index (χ2v) is 3.93. The minimum absolute atomic E-state index is 0.213. The first kappa shape index (κ1) is 9.79. The number of ether oxygens (including phenoxy) is 1. The van der Waals surface area contributed by atoms with Crippen LogP contribution in [0.3, 0.4) is 0 Å². The molecule has 2 rings (SSSR count). The summed E-state index contributed by atoms with van der Waals surface area (Å²) in [6.45, 7) is 0. The van der Waals surface area contributed by atoms with Crippen molar-refractivity contribution in [2.75, 3.05) is 12.8 Å². The molecule has 0 aliphatic rings. The molecule has 0 fully saturated rings. The summed E-state index contributed by atoms with van der Waals surface area (Å²) in [6.07, 6.45) is 0. The zero-order valence-electron chi connectivity index (χ0n) is 7.98. The van der Waals surface area contributed by atoms with Crippen LogP contribution in [0.4, 0.5) is 5.69 Å². The van der Waals surface area contributed by atoms with Gasteiger partial charge >= 0.3 is 5.97 Å². The number of hydrogen-bond donors (Lipinski definition) is 2. The van der Waals surface area contributed by atoms with Crippen molar-refractivity contribution in [2.24, 2.45) is 0 Å². The summed E-state index contributed by atoms with van der Waals surface area (Å²) in [5.74, 6) is -0.433. The first-order chi connectivity index (χ1) is 7.15. The normalized spacial score (nSPS) is 10.5. The lowest BCUT2D eigenvalue weighted by atomic mass is 10.1. The van der Waals surface area contributed by atoms with E-state index in [4.69, 9.17) is 15.6 Å². The van der Waals surface area contributed by atoms with Crippen molar-refractivity contribution < 1.29 is 14.6 Å². The van der Waals surface area contributed by atoms with Crippen LogP contribution in [-0.4, -0.2) is 18.2 Å². The van der Waals surface area contributed by atoms with E-state index in [2.05, 4.69) is 0 Å². The standard InChI is InChI=1S/C10H9NO3S/c1-14-8-7(11)4-6(10(12)13)5-2-3-15-9(5)8/h2-4H,11H2,1H3,(H,12,13). The minimum Gasteiger partial charge on any atom is -0.493 e. The number of carbonyl (C=O) groups is 1. The van der Waals surface area contributed by atoms with Gasteiger partial charge in [-0.3, -0.25) is 0 Å². The Morgan fingerprint density at radius 1 is 1.60 bits per heavy atom. The van der Waals surface area contributed by atoms with Crippen molar-refractivity contribution >= 4 is 33.1 Å². The molecule has 0 amide bonds. The van der Waals surface area contributed by atoms with Gasteiger partial charge in [-0.2, -0.15) is 0 Å². The summed E-state index contributed by atoms with van der Waals surface area (Å²) >= 11 is 1.42. The van der Waals surface area contributed by atoms with Crippen LogP contribution in [0.25, 0.3) is 10.1 Å². The Bertz CT molecular complexity index is 533. The molecular weight excluding hydrogens is 214 g/mol. The lowest BCUT2D eigenvalue weighted by molar-refractivity contribution is 0.0699. The molecule has 3 N–H and O–H groups in total. The van der Waals surface area contributed by atoms with Gasteiger partial charge in [-0.15, -0.1) is 11.3 Å². The molecule has 0 saturated heterocycles. The Kier molecular flexibility index (Phi) is 2.24. The van der Waals surface area contributed by atoms with E-state index in [-0.39, 0.29) is 5.56 Å². The zero-order valence-corrected chi connectivity index (χ0v) is 8.80. The molecule has 0 saturated carbocycles. The number of fused-ring (bicyclic) bond motifs is 1. The van der Waals surface area contributed by atoms with E-state index in [0.717, 1.165) is 4.70 Å². The van der Waals surface area contributed by atoms with Crippen LogP contribution in [0.2, 0.25) is 0 Å². The highest BCUT2D eigenvalue weighted by Crippen LogP contribution is 2.37. The van der Waals surface area contributed by atoms with Gasteiger partial charge in [0.1, 0.15) is 0 Å². The van der Waals surface area contributed by atoms with E-state index in [1.165, 1.54) is 24.5 Å². The number of hydrogen-bond acceptors (Lipinski definition) is 4. The summed E-state index contributed by atoms with van der Waals surface area (Å²) < 4.78 is 5.92. The minimum atomic E-state index is -0.979.